The van der Waals surface area contributed by atoms with E-state index in [0.29, 0.717) is 22.8 Å². The first-order valence-corrected chi connectivity index (χ1v) is 7.68. The number of nitrogens with zero attached hydrogens (tertiary/aromatic N) is 2. The highest BCUT2D eigenvalue weighted by Gasteiger charge is 2.10. The van der Waals surface area contributed by atoms with Crippen LogP contribution in [0, 0.1) is 0 Å². The van der Waals surface area contributed by atoms with E-state index in [2.05, 4.69) is 15.3 Å². The second-order valence-corrected chi connectivity index (χ2v) is 5.30. The van der Waals surface area contributed by atoms with E-state index < -0.39 is 0 Å². The average molecular weight is 319 g/mol. The number of phenols is 1. The molecule has 24 heavy (non-hydrogen) atoms. The summed E-state index contributed by atoms with van der Waals surface area (Å²) in [6.45, 7) is 2.01. The van der Waals surface area contributed by atoms with Crippen molar-refractivity contribution in [2.24, 2.45) is 0 Å². The molecule has 2 aromatic carbocycles. The first-order chi connectivity index (χ1) is 11.7. The van der Waals surface area contributed by atoms with Crippen LogP contribution in [0.5, 0.6) is 5.75 Å². The molecule has 0 aliphatic rings. The van der Waals surface area contributed by atoms with Crippen LogP contribution in [0.4, 0.5) is 11.5 Å². The fourth-order valence-corrected chi connectivity index (χ4v) is 2.32. The zero-order valence-electron chi connectivity index (χ0n) is 13.2. The minimum absolute atomic E-state index is 0.145. The molecule has 1 heterocycles. The lowest BCUT2D eigenvalue weighted by molar-refractivity contribution is 0.112. The van der Waals surface area contributed by atoms with Gasteiger partial charge in [0.05, 0.1) is 5.56 Å². The van der Waals surface area contributed by atoms with Crippen LogP contribution < -0.4 is 5.32 Å². The molecular formula is C19H17N3O2. The highest BCUT2D eigenvalue weighted by Crippen LogP contribution is 2.27. The van der Waals surface area contributed by atoms with Crippen LogP contribution in [0.15, 0.2) is 54.6 Å². The lowest BCUT2D eigenvalue weighted by Crippen LogP contribution is -2.01. The number of aromatic nitrogens is 2. The number of nitrogens with one attached hydrogen (secondary N) is 1. The van der Waals surface area contributed by atoms with Crippen molar-refractivity contribution in [1.82, 2.24) is 9.97 Å². The highest BCUT2D eigenvalue weighted by molar-refractivity contribution is 5.76. The molecule has 0 spiro atoms. The minimum atomic E-state index is 0.145. The van der Waals surface area contributed by atoms with Crippen molar-refractivity contribution in [3.63, 3.8) is 0 Å². The third kappa shape index (κ3) is 3.41. The van der Waals surface area contributed by atoms with Gasteiger partial charge in [-0.05, 0) is 42.8 Å². The van der Waals surface area contributed by atoms with Gasteiger partial charge in [-0.15, -0.1) is 0 Å². The number of anilines is 2. The number of benzene rings is 2. The molecule has 5 nitrogen and oxygen atoms in total. The van der Waals surface area contributed by atoms with E-state index in [4.69, 9.17) is 0 Å². The normalized spacial score (nSPS) is 10.4. The monoisotopic (exact) mass is 319 g/mol. The van der Waals surface area contributed by atoms with E-state index in [1.807, 2.05) is 31.2 Å². The highest BCUT2D eigenvalue weighted by atomic mass is 16.3. The lowest BCUT2D eigenvalue weighted by Gasteiger charge is -2.10. The molecule has 2 N–H and O–H groups in total. The average Bonchev–Trinajstić information content (AvgIpc) is 2.62. The molecule has 0 atom stereocenters. The van der Waals surface area contributed by atoms with Crippen LogP contribution in [0.3, 0.4) is 0 Å². The third-order valence-electron chi connectivity index (χ3n) is 3.61. The molecule has 1 aromatic heterocycles. The van der Waals surface area contributed by atoms with Crippen molar-refractivity contribution in [2.75, 3.05) is 5.32 Å². The Morgan fingerprint density at radius 3 is 2.50 bits per heavy atom. The Morgan fingerprint density at radius 1 is 1.08 bits per heavy atom. The van der Waals surface area contributed by atoms with Gasteiger partial charge in [-0.25, -0.2) is 9.97 Å². The Bertz CT molecular complexity index is 861. The quantitative estimate of drug-likeness (QED) is 0.696. The number of carbonyl (C=O) groups is 1. The molecule has 0 aliphatic heterocycles. The Labute approximate surface area is 140 Å². The standard InChI is InChI=1S/C19H17N3O2/c1-2-14-11-18(20-15-9-7-13(12-23)8-10-15)22-19(21-14)16-5-3-4-6-17(16)24/h3-12,24H,2H2,1H3,(H,20,21,22). The van der Waals surface area contributed by atoms with Crippen molar-refractivity contribution < 1.29 is 9.90 Å². The van der Waals surface area contributed by atoms with Crippen LogP contribution in [0.2, 0.25) is 0 Å². The Hall–Kier alpha value is -3.21. The van der Waals surface area contributed by atoms with Crippen LogP contribution in [-0.4, -0.2) is 21.4 Å². The largest absolute Gasteiger partial charge is 0.507 e. The second kappa shape index (κ2) is 6.91. The van der Waals surface area contributed by atoms with Crippen molar-refractivity contribution >= 4 is 17.8 Å². The number of aromatic hydroxyl groups is 1. The molecule has 3 aromatic rings. The minimum Gasteiger partial charge on any atom is -0.507 e. The number of carbonyl (C=O) groups excluding carboxylic acids is 1. The summed E-state index contributed by atoms with van der Waals surface area (Å²) < 4.78 is 0. The van der Waals surface area contributed by atoms with Gasteiger partial charge in [0.15, 0.2) is 5.82 Å². The second-order valence-electron chi connectivity index (χ2n) is 5.30. The Balaban J connectivity index is 1.97. The predicted molar refractivity (Wildman–Crippen MR) is 93.6 cm³/mol. The molecule has 0 bridgehead atoms. The zero-order valence-corrected chi connectivity index (χ0v) is 13.2. The van der Waals surface area contributed by atoms with Crippen molar-refractivity contribution in [3.05, 3.63) is 65.9 Å². The van der Waals surface area contributed by atoms with E-state index in [0.717, 1.165) is 24.1 Å². The van der Waals surface area contributed by atoms with Gasteiger partial charge in [-0.2, -0.15) is 0 Å². The first-order valence-electron chi connectivity index (χ1n) is 7.68. The van der Waals surface area contributed by atoms with Gasteiger partial charge in [0.2, 0.25) is 0 Å². The fourth-order valence-electron chi connectivity index (χ4n) is 2.32. The molecule has 3 rings (SSSR count). The maximum Gasteiger partial charge on any atom is 0.165 e. The Morgan fingerprint density at radius 2 is 1.83 bits per heavy atom. The maximum absolute atomic E-state index is 10.7. The predicted octanol–water partition coefficient (Wildman–Crippen LogP) is 3.97. The Kier molecular flexibility index (Phi) is 4.52. The molecule has 0 radical (unpaired) electrons. The topological polar surface area (TPSA) is 75.1 Å². The molecule has 0 unspecified atom stereocenters. The molecule has 5 heteroatoms. The summed E-state index contributed by atoms with van der Waals surface area (Å²) in [6, 6.07) is 16.0. The number of aldehydes is 1. The summed E-state index contributed by atoms with van der Waals surface area (Å²) in [4.78, 5) is 19.7. The van der Waals surface area contributed by atoms with Gasteiger partial charge in [-0.1, -0.05) is 19.1 Å². The number of rotatable bonds is 5. The van der Waals surface area contributed by atoms with Crippen LogP contribution in [0.25, 0.3) is 11.4 Å². The molecule has 0 amide bonds. The molecule has 0 fully saturated rings. The van der Waals surface area contributed by atoms with Gasteiger partial charge in [0, 0.05) is 23.0 Å². The number of aryl methyl sites for hydroxylation is 1. The van der Waals surface area contributed by atoms with Gasteiger partial charge in [-0.3, -0.25) is 4.79 Å². The maximum atomic E-state index is 10.7. The van der Waals surface area contributed by atoms with Gasteiger partial charge < -0.3 is 10.4 Å². The van der Waals surface area contributed by atoms with Crippen molar-refractivity contribution in [1.29, 1.82) is 0 Å². The zero-order chi connectivity index (χ0) is 16.9. The molecule has 120 valence electrons. The first kappa shape index (κ1) is 15.7. The SMILES string of the molecule is CCc1cc(Nc2ccc(C=O)cc2)nc(-c2ccccc2O)n1. The van der Waals surface area contributed by atoms with Gasteiger partial charge in [0.25, 0.3) is 0 Å². The molecule has 0 saturated carbocycles. The summed E-state index contributed by atoms with van der Waals surface area (Å²) in [6.07, 6.45) is 1.56. The number of para-hydroxylation sites is 1. The van der Waals surface area contributed by atoms with E-state index in [1.165, 1.54) is 0 Å². The van der Waals surface area contributed by atoms with Crippen molar-refractivity contribution in [3.8, 4) is 17.1 Å². The van der Waals surface area contributed by atoms with Crippen LogP contribution in [-0.2, 0) is 6.42 Å². The molecule has 0 aliphatic carbocycles. The van der Waals surface area contributed by atoms with Gasteiger partial charge >= 0.3 is 0 Å². The summed E-state index contributed by atoms with van der Waals surface area (Å²) in [5, 5.41) is 13.2. The summed E-state index contributed by atoms with van der Waals surface area (Å²) in [5.41, 5.74) is 2.90. The number of hydrogen-bond acceptors (Lipinski definition) is 5. The summed E-state index contributed by atoms with van der Waals surface area (Å²) >= 11 is 0. The van der Waals surface area contributed by atoms with E-state index in [1.54, 1.807) is 30.3 Å². The van der Waals surface area contributed by atoms with E-state index in [9.17, 15) is 9.90 Å². The number of phenolic OH excluding ortho intramolecular Hbond substituents is 1. The third-order valence-corrected chi connectivity index (χ3v) is 3.61. The van der Waals surface area contributed by atoms with Gasteiger partial charge in [0.1, 0.15) is 17.9 Å². The van der Waals surface area contributed by atoms with Crippen LogP contribution >= 0.6 is 0 Å². The smallest absolute Gasteiger partial charge is 0.165 e. The number of hydrogen-bond donors (Lipinski definition) is 2. The summed E-state index contributed by atoms with van der Waals surface area (Å²) in [7, 11) is 0. The van der Waals surface area contributed by atoms with Crippen LogP contribution in [0.1, 0.15) is 23.0 Å². The fraction of sp³-hybridized carbons (Fsp3) is 0.105. The lowest BCUT2D eigenvalue weighted by atomic mass is 10.1. The van der Waals surface area contributed by atoms with Crippen molar-refractivity contribution in [2.45, 2.75) is 13.3 Å². The van der Waals surface area contributed by atoms with E-state index in [-0.39, 0.29) is 5.75 Å². The molecular weight excluding hydrogens is 302 g/mol. The van der Waals surface area contributed by atoms with E-state index >= 15 is 0 Å². The summed E-state index contributed by atoms with van der Waals surface area (Å²) in [5.74, 6) is 1.26. The molecule has 0 saturated heterocycles.